The third kappa shape index (κ3) is 15.0. The van der Waals surface area contributed by atoms with Crippen molar-refractivity contribution in [2.24, 2.45) is 0 Å². The predicted molar refractivity (Wildman–Crippen MR) is 215 cm³/mol. The van der Waals surface area contributed by atoms with E-state index in [1.807, 2.05) is 60.7 Å². The van der Waals surface area contributed by atoms with E-state index < -0.39 is 36.0 Å². The summed E-state index contributed by atoms with van der Waals surface area (Å²) in [6, 6.07) is 26.2. The van der Waals surface area contributed by atoms with Crippen molar-refractivity contribution >= 4 is 23.9 Å². The average Bonchev–Trinajstić information content (AvgIpc) is 3.26. The number of esters is 3. The molecule has 0 aliphatic carbocycles. The van der Waals surface area contributed by atoms with Gasteiger partial charge in [0.05, 0.1) is 28.4 Å². The molecule has 0 aromatic heterocycles. The van der Waals surface area contributed by atoms with E-state index in [9.17, 15) is 19.2 Å². The molecule has 0 spiro atoms. The van der Waals surface area contributed by atoms with Crippen LogP contribution in [0.3, 0.4) is 0 Å². The van der Waals surface area contributed by atoms with E-state index >= 15 is 0 Å². The van der Waals surface area contributed by atoms with E-state index in [1.54, 1.807) is 36.4 Å². The number of methoxy groups -OCH3 is 4. The van der Waals surface area contributed by atoms with Crippen molar-refractivity contribution in [3.8, 4) is 23.0 Å². The molecule has 14 nitrogen and oxygen atoms in total. The molecule has 4 aromatic carbocycles. The summed E-state index contributed by atoms with van der Waals surface area (Å²) in [5.74, 6) is -0.0373. The number of ether oxygens (including phenoxy) is 7. The molecular formula is C44H53N3O11. The smallest absolute Gasteiger partial charge is 0.329 e. The zero-order valence-corrected chi connectivity index (χ0v) is 33.5. The Labute approximate surface area is 339 Å². The number of carbonyl (C=O) groups is 4. The van der Waals surface area contributed by atoms with Gasteiger partial charge in [0.2, 0.25) is 0 Å². The number of nitrogens with one attached hydrogen (secondary N) is 3. The Kier molecular flexibility index (Phi) is 18.7. The normalized spacial score (nSPS) is 11.7. The minimum atomic E-state index is -1.30. The van der Waals surface area contributed by atoms with Crippen LogP contribution < -0.4 is 34.9 Å². The molecule has 2 unspecified atom stereocenters. The van der Waals surface area contributed by atoms with Crippen LogP contribution >= 0.6 is 0 Å². The van der Waals surface area contributed by atoms with Gasteiger partial charge in [0.25, 0.3) is 0 Å². The summed E-state index contributed by atoms with van der Waals surface area (Å²) >= 11 is 0. The van der Waals surface area contributed by atoms with Crippen molar-refractivity contribution in [3.63, 3.8) is 0 Å². The Bertz CT molecular complexity index is 1890. The molecule has 0 saturated carbocycles. The molecule has 14 heteroatoms. The number of benzene rings is 4. The third-order valence-corrected chi connectivity index (χ3v) is 9.06. The molecule has 0 fully saturated rings. The quantitative estimate of drug-likeness (QED) is 0.0429. The third-order valence-electron chi connectivity index (χ3n) is 9.06. The number of amides is 2. The van der Waals surface area contributed by atoms with Crippen molar-refractivity contribution in [1.82, 2.24) is 16.0 Å². The van der Waals surface area contributed by atoms with E-state index in [2.05, 4.69) is 16.0 Å². The van der Waals surface area contributed by atoms with Gasteiger partial charge in [-0.3, -0.25) is 4.79 Å². The lowest BCUT2D eigenvalue weighted by molar-refractivity contribution is -0.149. The van der Waals surface area contributed by atoms with Gasteiger partial charge in [-0.15, -0.1) is 0 Å². The van der Waals surface area contributed by atoms with Crippen molar-refractivity contribution in [3.05, 3.63) is 119 Å². The number of urea groups is 1. The van der Waals surface area contributed by atoms with E-state index in [1.165, 1.54) is 28.4 Å². The molecule has 3 N–H and O–H groups in total. The van der Waals surface area contributed by atoms with E-state index in [0.717, 1.165) is 17.5 Å². The van der Waals surface area contributed by atoms with Gasteiger partial charge in [-0.25, -0.2) is 14.4 Å². The van der Waals surface area contributed by atoms with Crippen LogP contribution in [0.2, 0.25) is 0 Å². The maximum absolute atomic E-state index is 13.6. The van der Waals surface area contributed by atoms with Gasteiger partial charge in [-0.2, -0.15) is 0 Å². The minimum absolute atomic E-state index is 0.0202. The number of hydrogen-bond donors (Lipinski definition) is 3. The van der Waals surface area contributed by atoms with E-state index in [4.69, 9.17) is 33.2 Å². The summed E-state index contributed by atoms with van der Waals surface area (Å²) < 4.78 is 38.0. The molecule has 2 atom stereocenters. The molecular weight excluding hydrogens is 746 g/mol. The topological polar surface area (TPSA) is 169 Å². The van der Waals surface area contributed by atoms with Gasteiger partial charge in [-0.05, 0) is 67.6 Å². The molecule has 0 bridgehead atoms. The maximum Gasteiger partial charge on any atom is 0.329 e. The highest BCUT2D eigenvalue weighted by atomic mass is 16.5. The lowest BCUT2D eigenvalue weighted by Gasteiger charge is -2.22. The van der Waals surface area contributed by atoms with Crippen molar-refractivity contribution in [2.75, 3.05) is 35.0 Å². The number of rotatable bonds is 24. The highest BCUT2D eigenvalue weighted by Gasteiger charge is 2.28. The second kappa shape index (κ2) is 24.4. The standard InChI is InChI=1S/C44H53N3O11/c1-52-35-20-18-33(39(25-35)54-3)29-56-41(48)23-22-38(43(50)58-30-34-19-21-36(53-2)26-40(34)55-4)47-44(51)46-37(42(49)57-28-32-15-9-6-10-16-32)17-11-12-24-45-27-31-13-7-5-8-14-31/h5-10,13-16,18-21,25-26,37-38,45H,11-12,17,22-24,27-30H2,1-4H3,(H2,46,47,51). The van der Waals surface area contributed by atoms with Crippen LogP contribution in [0.1, 0.15) is 54.4 Å². The van der Waals surface area contributed by atoms with Gasteiger partial charge in [0.15, 0.2) is 0 Å². The second-order valence-electron chi connectivity index (χ2n) is 13.1. The first-order chi connectivity index (χ1) is 28.2. The van der Waals surface area contributed by atoms with Crippen LogP contribution in [0.5, 0.6) is 23.0 Å². The zero-order valence-electron chi connectivity index (χ0n) is 33.5. The van der Waals surface area contributed by atoms with Crippen LogP contribution in [0.15, 0.2) is 97.1 Å². The van der Waals surface area contributed by atoms with Gasteiger partial charge in [0.1, 0.15) is 54.9 Å². The molecule has 58 heavy (non-hydrogen) atoms. The first-order valence-corrected chi connectivity index (χ1v) is 19.0. The fourth-order valence-electron chi connectivity index (χ4n) is 5.80. The average molecular weight is 800 g/mol. The van der Waals surface area contributed by atoms with Gasteiger partial charge in [0, 0.05) is 36.2 Å². The van der Waals surface area contributed by atoms with Crippen LogP contribution in [-0.4, -0.2) is 71.0 Å². The largest absolute Gasteiger partial charge is 0.497 e. The first-order valence-electron chi connectivity index (χ1n) is 19.0. The SMILES string of the molecule is COc1ccc(COC(=O)CCC(NC(=O)NC(CCCCNCc2ccccc2)C(=O)OCc2ccccc2)C(=O)OCc2ccc(OC)cc2OC)c(OC)c1. The number of carbonyl (C=O) groups excluding carboxylic acids is 4. The minimum Gasteiger partial charge on any atom is -0.497 e. The Balaban J connectivity index is 1.41. The van der Waals surface area contributed by atoms with Crippen LogP contribution in [0.25, 0.3) is 0 Å². The molecule has 310 valence electrons. The fourth-order valence-corrected chi connectivity index (χ4v) is 5.80. The van der Waals surface area contributed by atoms with E-state index in [-0.39, 0.29) is 39.1 Å². The van der Waals surface area contributed by atoms with Crippen molar-refractivity contribution < 1.29 is 52.3 Å². The summed E-state index contributed by atoms with van der Waals surface area (Å²) in [5, 5.41) is 8.69. The lowest BCUT2D eigenvalue weighted by atomic mass is 10.1. The summed E-state index contributed by atoms with van der Waals surface area (Å²) in [6.07, 6.45) is 1.19. The maximum atomic E-state index is 13.6. The Morgan fingerprint density at radius 1 is 0.552 bits per heavy atom. The molecule has 0 aliphatic heterocycles. The predicted octanol–water partition coefficient (Wildman–Crippen LogP) is 6.03. The summed E-state index contributed by atoms with van der Waals surface area (Å²) in [5.41, 5.74) is 3.10. The zero-order chi connectivity index (χ0) is 41.5. The highest BCUT2D eigenvalue weighted by Crippen LogP contribution is 2.26. The van der Waals surface area contributed by atoms with Gasteiger partial charge in [-0.1, -0.05) is 60.7 Å². The molecule has 0 heterocycles. The number of hydrogen-bond acceptors (Lipinski definition) is 12. The van der Waals surface area contributed by atoms with Crippen LogP contribution in [-0.2, 0) is 55.0 Å². The Morgan fingerprint density at radius 3 is 1.62 bits per heavy atom. The molecule has 4 rings (SSSR count). The molecule has 0 radical (unpaired) electrons. The van der Waals surface area contributed by atoms with Crippen LogP contribution in [0, 0.1) is 0 Å². The summed E-state index contributed by atoms with van der Waals surface area (Å²) in [6.45, 7) is 1.13. The number of unbranched alkanes of at least 4 members (excludes halogenated alkanes) is 1. The summed E-state index contributed by atoms with van der Waals surface area (Å²) in [4.78, 5) is 53.4. The highest BCUT2D eigenvalue weighted by molar-refractivity contribution is 5.87. The van der Waals surface area contributed by atoms with Gasteiger partial charge >= 0.3 is 23.9 Å². The molecule has 4 aromatic rings. The monoisotopic (exact) mass is 799 g/mol. The lowest BCUT2D eigenvalue weighted by Crippen LogP contribution is -2.51. The van der Waals surface area contributed by atoms with E-state index in [0.29, 0.717) is 53.6 Å². The molecule has 0 saturated heterocycles. The fraction of sp³-hybridized carbons (Fsp3) is 0.364. The van der Waals surface area contributed by atoms with Crippen molar-refractivity contribution in [2.45, 2.75) is 70.6 Å². The van der Waals surface area contributed by atoms with Crippen LogP contribution in [0.4, 0.5) is 4.79 Å². The first kappa shape index (κ1) is 44.4. The molecule has 0 aliphatic rings. The summed E-state index contributed by atoms with van der Waals surface area (Å²) in [7, 11) is 6.02. The Morgan fingerprint density at radius 2 is 1.07 bits per heavy atom. The Hall–Kier alpha value is -6.28. The molecule has 2 amide bonds. The van der Waals surface area contributed by atoms with Crippen molar-refractivity contribution in [1.29, 1.82) is 0 Å². The van der Waals surface area contributed by atoms with Gasteiger partial charge < -0.3 is 49.1 Å². The second-order valence-corrected chi connectivity index (χ2v) is 13.1.